The van der Waals surface area contributed by atoms with Crippen molar-refractivity contribution >= 4 is 37.0 Å². The summed E-state index contributed by atoms with van der Waals surface area (Å²) in [5, 5.41) is 0. The first-order chi connectivity index (χ1) is 16.3. The predicted octanol–water partition coefficient (Wildman–Crippen LogP) is 10.8. The molecule has 4 atom stereocenters. The second-order valence-corrected chi connectivity index (χ2v) is 27.9. The summed E-state index contributed by atoms with van der Waals surface area (Å²) < 4.78 is 3.92. The van der Waals surface area contributed by atoms with Crippen molar-refractivity contribution in [3.63, 3.8) is 0 Å². The largest absolute Gasteiger partial charge is 0.147 e. The third-order valence-electron chi connectivity index (χ3n) is 9.62. The Morgan fingerprint density at radius 1 is 0.657 bits per heavy atom. The van der Waals surface area contributed by atoms with Gasteiger partial charge in [0, 0.05) is 0 Å². The Morgan fingerprint density at radius 3 is 1.51 bits per heavy atom. The molecular formula is C32H42Cl2Hf. The summed E-state index contributed by atoms with van der Waals surface area (Å²) in [7, 11) is 0. The van der Waals surface area contributed by atoms with Gasteiger partial charge in [-0.3, -0.25) is 0 Å². The SMILES string of the molecule is CCCCC1=Cc2ccccc2[CH]1[Hf]1([CH]2C(CCCC)=Cc3ccccc32)[CH]2CCCC[CH]21.Cl.Cl. The summed E-state index contributed by atoms with van der Waals surface area (Å²) in [6, 6.07) is 19.2. The van der Waals surface area contributed by atoms with Gasteiger partial charge in [0.1, 0.15) is 0 Å². The van der Waals surface area contributed by atoms with E-state index in [1.54, 1.807) is 35.1 Å². The van der Waals surface area contributed by atoms with Crippen LogP contribution in [0.25, 0.3) is 12.2 Å². The van der Waals surface area contributed by atoms with Gasteiger partial charge >= 0.3 is 207 Å². The van der Waals surface area contributed by atoms with Crippen molar-refractivity contribution < 1.29 is 20.0 Å². The molecule has 2 aromatic rings. The molecule has 3 heteroatoms. The molecule has 0 radical (unpaired) electrons. The third-order valence-corrected chi connectivity index (χ3v) is 34.5. The number of unbranched alkanes of at least 4 members (excludes halogenated alkanes) is 2. The normalized spacial score (nSPS) is 29.7. The average molecular weight is 676 g/mol. The first kappa shape index (κ1) is 27.4. The van der Waals surface area contributed by atoms with E-state index in [1.807, 2.05) is 11.1 Å². The Balaban J connectivity index is 0.00000144. The van der Waals surface area contributed by atoms with Gasteiger partial charge in [-0.1, -0.05) is 0 Å². The van der Waals surface area contributed by atoms with Crippen LogP contribution in [0.2, 0.25) is 7.35 Å². The monoisotopic (exact) mass is 676 g/mol. The van der Waals surface area contributed by atoms with E-state index >= 15 is 0 Å². The maximum atomic E-state index is 2.66. The van der Waals surface area contributed by atoms with Gasteiger partial charge in [-0.2, -0.15) is 0 Å². The minimum Gasteiger partial charge on any atom is -0.147 e. The zero-order valence-corrected chi connectivity index (χ0v) is 26.7. The molecule has 6 rings (SSSR count). The summed E-state index contributed by atoms with van der Waals surface area (Å²) in [5.41, 5.74) is 10.4. The number of hydrogen-bond acceptors (Lipinski definition) is 0. The van der Waals surface area contributed by atoms with E-state index in [0.717, 1.165) is 14.7 Å². The number of benzene rings is 2. The number of fused-ring (bicyclic) bond motifs is 3. The molecule has 0 spiro atoms. The summed E-state index contributed by atoms with van der Waals surface area (Å²) in [5.74, 6) is 0. The summed E-state index contributed by atoms with van der Waals surface area (Å²) >= 11 is -2.88. The fraction of sp³-hybridized carbons (Fsp3) is 0.500. The zero-order valence-electron chi connectivity index (χ0n) is 21.5. The van der Waals surface area contributed by atoms with E-state index in [0.29, 0.717) is 0 Å². The molecule has 2 fully saturated rings. The van der Waals surface area contributed by atoms with Gasteiger partial charge < -0.3 is 0 Å². The molecule has 35 heavy (non-hydrogen) atoms. The Labute approximate surface area is 230 Å². The van der Waals surface area contributed by atoms with Crippen molar-refractivity contribution in [3.05, 3.63) is 81.9 Å². The Hall–Kier alpha value is -0.630. The number of hydrogen-bond donors (Lipinski definition) is 0. The minimum absolute atomic E-state index is 0. The number of rotatable bonds is 8. The Kier molecular flexibility index (Phi) is 8.93. The van der Waals surface area contributed by atoms with Crippen molar-refractivity contribution in [2.24, 2.45) is 0 Å². The van der Waals surface area contributed by atoms with E-state index < -0.39 is 20.0 Å². The standard InChI is InChI=1S/2C13H15.C6H10.2ClH.Hf/c2*1-2-3-6-11-9-12-7-4-5-8-13(12)10-11;1-2-4-6-5-3-1;;;/h2*4-5,7-10H,2-3,6H2,1H3;1-2H,3-6H2;2*1H;. The number of halogens is 2. The molecule has 0 amide bonds. The second kappa shape index (κ2) is 11.4. The Morgan fingerprint density at radius 2 is 1.09 bits per heavy atom. The van der Waals surface area contributed by atoms with Crippen LogP contribution >= 0.6 is 24.8 Å². The first-order valence-electron chi connectivity index (χ1n) is 13.9. The molecule has 188 valence electrons. The smallest absolute Gasteiger partial charge is 0.147 e. The molecule has 4 unspecified atom stereocenters. The predicted molar refractivity (Wildman–Crippen MR) is 154 cm³/mol. The topological polar surface area (TPSA) is 0 Å². The zero-order chi connectivity index (χ0) is 22.4. The second-order valence-electron chi connectivity index (χ2n) is 11.3. The molecule has 0 aromatic heterocycles. The fourth-order valence-electron chi connectivity index (χ4n) is 8.39. The molecule has 1 saturated carbocycles. The summed E-state index contributed by atoms with van der Waals surface area (Å²) in [6.07, 6.45) is 19.4. The van der Waals surface area contributed by atoms with E-state index in [1.165, 1.54) is 51.4 Å². The van der Waals surface area contributed by atoms with Crippen LogP contribution < -0.4 is 0 Å². The van der Waals surface area contributed by atoms with Crippen molar-refractivity contribution in [3.8, 4) is 0 Å². The van der Waals surface area contributed by atoms with Crippen molar-refractivity contribution in [1.82, 2.24) is 0 Å². The molecule has 2 aromatic carbocycles. The van der Waals surface area contributed by atoms with Gasteiger partial charge in [0.25, 0.3) is 0 Å². The molecule has 3 aliphatic carbocycles. The molecule has 0 nitrogen and oxygen atoms in total. The Bertz CT molecular complexity index is 1010. The summed E-state index contributed by atoms with van der Waals surface area (Å²) in [4.78, 5) is 0. The molecule has 1 aliphatic heterocycles. The van der Waals surface area contributed by atoms with Crippen LogP contribution in [0, 0.1) is 0 Å². The molecule has 0 bridgehead atoms. The van der Waals surface area contributed by atoms with Crippen LogP contribution in [0.4, 0.5) is 0 Å². The van der Waals surface area contributed by atoms with Crippen LogP contribution in [0.3, 0.4) is 0 Å². The van der Waals surface area contributed by atoms with Gasteiger partial charge in [-0.05, 0) is 0 Å². The van der Waals surface area contributed by atoms with Crippen LogP contribution in [0.15, 0.2) is 59.7 Å². The first-order valence-corrected chi connectivity index (χ1v) is 22.2. The quantitative estimate of drug-likeness (QED) is 0.244. The molecular weight excluding hydrogens is 634 g/mol. The summed E-state index contributed by atoms with van der Waals surface area (Å²) in [6.45, 7) is 4.74. The van der Waals surface area contributed by atoms with Crippen LogP contribution in [-0.2, 0) is 20.0 Å². The maximum Gasteiger partial charge on any atom is -0.147 e. The molecule has 1 saturated heterocycles. The minimum atomic E-state index is -2.88. The van der Waals surface area contributed by atoms with Crippen LogP contribution in [-0.4, -0.2) is 0 Å². The molecule has 0 N–H and O–H groups in total. The van der Waals surface area contributed by atoms with Crippen molar-refractivity contribution in [2.75, 3.05) is 0 Å². The van der Waals surface area contributed by atoms with Crippen LogP contribution in [0.1, 0.15) is 108 Å². The van der Waals surface area contributed by atoms with E-state index in [-0.39, 0.29) is 24.8 Å². The van der Waals surface area contributed by atoms with Gasteiger partial charge in [-0.15, -0.1) is 24.8 Å². The fourth-order valence-corrected chi connectivity index (χ4v) is 43.9. The van der Waals surface area contributed by atoms with Gasteiger partial charge in [0.05, 0.1) is 0 Å². The van der Waals surface area contributed by atoms with Crippen molar-refractivity contribution in [1.29, 1.82) is 0 Å². The molecule has 4 aliphatic rings. The van der Waals surface area contributed by atoms with Gasteiger partial charge in [0.2, 0.25) is 0 Å². The van der Waals surface area contributed by atoms with E-state index in [9.17, 15) is 0 Å². The van der Waals surface area contributed by atoms with E-state index in [4.69, 9.17) is 0 Å². The molecule has 1 heterocycles. The van der Waals surface area contributed by atoms with Gasteiger partial charge in [0.15, 0.2) is 0 Å². The van der Waals surface area contributed by atoms with Crippen LogP contribution in [0.5, 0.6) is 0 Å². The van der Waals surface area contributed by atoms with Crippen molar-refractivity contribution in [2.45, 2.75) is 92.8 Å². The maximum absolute atomic E-state index is 2.88. The van der Waals surface area contributed by atoms with E-state index in [2.05, 4.69) is 74.5 Å². The average Bonchev–Trinajstić information content (AvgIpc) is 3.16. The third kappa shape index (κ3) is 4.40. The number of allylic oxidation sites excluding steroid dienone is 2. The van der Waals surface area contributed by atoms with Gasteiger partial charge in [-0.25, -0.2) is 0 Å².